The normalized spacial score (nSPS) is 10.6. The van der Waals surface area contributed by atoms with Crippen molar-refractivity contribution in [3.8, 4) is 0 Å². The Labute approximate surface area is 111 Å². The van der Waals surface area contributed by atoms with Crippen molar-refractivity contribution in [2.75, 3.05) is 5.32 Å². The molecule has 0 aliphatic heterocycles. The number of nitrogens with one attached hydrogen (secondary N) is 1. The van der Waals surface area contributed by atoms with Gasteiger partial charge in [-0.2, -0.15) is 5.10 Å². The maximum Gasteiger partial charge on any atom is 0.156 e. The van der Waals surface area contributed by atoms with Crippen LogP contribution in [0.25, 0.3) is 10.8 Å². The van der Waals surface area contributed by atoms with Gasteiger partial charge in [-0.1, -0.05) is 30.3 Å². The van der Waals surface area contributed by atoms with Gasteiger partial charge in [0.05, 0.1) is 6.20 Å². The van der Waals surface area contributed by atoms with Gasteiger partial charge in [-0.05, 0) is 18.6 Å². The summed E-state index contributed by atoms with van der Waals surface area (Å²) in [4.78, 5) is 4.28. The van der Waals surface area contributed by atoms with Crippen molar-refractivity contribution >= 4 is 16.6 Å². The van der Waals surface area contributed by atoms with E-state index in [1.165, 1.54) is 0 Å². The molecule has 0 saturated carbocycles. The van der Waals surface area contributed by atoms with Gasteiger partial charge < -0.3 is 5.32 Å². The Bertz CT molecular complexity index is 687. The van der Waals surface area contributed by atoms with Gasteiger partial charge in [0.2, 0.25) is 0 Å². The van der Waals surface area contributed by atoms with Crippen LogP contribution in [0.1, 0.15) is 11.3 Å². The first-order chi connectivity index (χ1) is 9.33. The third-order valence-corrected chi connectivity index (χ3v) is 3.00. The highest BCUT2D eigenvalue weighted by atomic mass is 15.2. The molecule has 1 aromatic carbocycles. The average molecular weight is 250 g/mol. The van der Waals surface area contributed by atoms with Crippen LogP contribution in [-0.2, 0) is 6.54 Å². The van der Waals surface area contributed by atoms with Crippen molar-refractivity contribution < 1.29 is 0 Å². The van der Waals surface area contributed by atoms with E-state index in [0.29, 0.717) is 6.54 Å². The molecule has 0 fully saturated rings. The van der Waals surface area contributed by atoms with E-state index in [1.807, 2.05) is 43.5 Å². The van der Waals surface area contributed by atoms with E-state index >= 15 is 0 Å². The minimum Gasteiger partial charge on any atom is -0.364 e. The predicted molar refractivity (Wildman–Crippen MR) is 75.8 cm³/mol. The fraction of sp³-hybridized carbons (Fsp3) is 0.133. The Balaban J connectivity index is 1.84. The summed E-state index contributed by atoms with van der Waals surface area (Å²) in [5.41, 5.74) is 2.15. The van der Waals surface area contributed by atoms with Gasteiger partial charge in [0, 0.05) is 29.2 Å². The van der Waals surface area contributed by atoms with Gasteiger partial charge in [0.1, 0.15) is 0 Å². The molecule has 0 atom stereocenters. The van der Waals surface area contributed by atoms with Crippen LogP contribution >= 0.6 is 0 Å². The zero-order valence-corrected chi connectivity index (χ0v) is 10.7. The van der Waals surface area contributed by atoms with Crippen molar-refractivity contribution in [2.24, 2.45) is 0 Å². The third-order valence-electron chi connectivity index (χ3n) is 3.00. The largest absolute Gasteiger partial charge is 0.364 e. The molecule has 2 aromatic heterocycles. The van der Waals surface area contributed by atoms with Gasteiger partial charge in [0.25, 0.3) is 0 Å². The zero-order valence-electron chi connectivity index (χ0n) is 10.7. The highest BCUT2D eigenvalue weighted by molar-refractivity contribution is 5.90. The Kier molecular flexibility index (Phi) is 3.06. The van der Waals surface area contributed by atoms with Gasteiger partial charge in [-0.25, -0.2) is 0 Å². The average Bonchev–Trinajstić information content (AvgIpc) is 2.47. The molecule has 0 aliphatic carbocycles. The summed E-state index contributed by atoms with van der Waals surface area (Å²) in [7, 11) is 0. The number of aryl methyl sites for hydroxylation is 1. The minimum absolute atomic E-state index is 0.690. The Hall–Kier alpha value is -2.49. The molecular weight excluding hydrogens is 236 g/mol. The first kappa shape index (κ1) is 11.6. The van der Waals surface area contributed by atoms with E-state index < -0.39 is 0 Å². The number of benzene rings is 1. The fourth-order valence-corrected chi connectivity index (χ4v) is 1.95. The van der Waals surface area contributed by atoms with Crippen molar-refractivity contribution in [1.29, 1.82) is 0 Å². The summed E-state index contributed by atoms with van der Waals surface area (Å²) < 4.78 is 0. The lowest BCUT2D eigenvalue weighted by molar-refractivity contribution is 1.01. The van der Waals surface area contributed by atoms with Gasteiger partial charge in [0.15, 0.2) is 5.82 Å². The summed E-state index contributed by atoms with van der Waals surface area (Å²) in [6, 6.07) is 12.1. The highest BCUT2D eigenvalue weighted by Gasteiger charge is 2.02. The lowest BCUT2D eigenvalue weighted by atomic mass is 10.2. The lowest BCUT2D eigenvalue weighted by Gasteiger charge is -2.07. The molecule has 0 amide bonds. The van der Waals surface area contributed by atoms with Crippen LogP contribution in [0, 0.1) is 6.92 Å². The van der Waals surface area contributed by atoms with E-state index in [9.17, 15) is 0 Å². The maximum absolute atomic E-state index is 4.28. The maximum atomic E-state index is 4.28. The van der Waals surface area contributed by atoms with Gasteiger partial charge >= 0.3 is 0 Å². The van der Waals surface area contributed by atoms with Crippen LogP contribution < -0.4 is 5.32 Å². The Morgan fingerprint density at radius 3 is 2.79 bits per heavy atom. The topological polar surface area (TPSA) is 50.7 Å². The predicted octanol–water partition coefficient (Wildman–Crippen LogP) is 2.95. The Morgan fingerprint density at radius 1 is 1.05 bits per heavy atom. The fourth-order valence-electron chi connectivity index (χ4n) is 1.95. The molecule has 0 bridgehead atoms. The van der Waals surface area contributed by atoms with Crippen LogP contribution in [0.15, 0.2) is 48.8 Å². The molecule has 0 saturated heterocycles. The van der Waals surface area contributed by atoms with E-state index in [1.54, 1.807) is 6.20 Å². The molecule has 3 rings (SSSR count). The molecule has 0 radical (unpaired) electrons. The summed E-state index contributed by atoms with van der Waals surface area (Å²) in [5.74, 6) is 0.804. The SMILES string of the molecule is Cc1ccc(CNc2nncc3ccccc23)cn1. The van der Waals surface area contributed by atoms with Crippen molar-refractivity contribution in [1.82, 2.24) is 15.2 Å². The third kappa shape index (κ3) is 2.52. The number of rotatable bonds is 3. The van der Waals surface area contributed by atoms with E-state index in [-0.39, 0.29) is 0 Å². The van der Waals surface area contributed by atoms with Crippen LogP contribution in [-0.4, -0.2) is 15.2 Å². The van der Waals surface area contributed by atoms with Crippen LogP contribution in [0.5, 0.6) is 0 Å². The van der Waals surface area contributed by atoms with Crippen molar-refractivity contribution in [2.45, 2.75) is 13.5 Å². The molecular formula is C15H14N4. The van der Waals surface area contributed by atoms with E-state index in [4.69, 9.17) is 0 Å². The number of hydrogen-bond acceptors (Lipinski definition) is 4. The number of hydrogen-bond donors (Lipinski definition) is 1. The standard InChI is InChI=1S/C15H14N4/c1-11-6-7-12(8-16-11)9-17-15-14-5-3-2-4-13(14)10-18-19-15/h2-8,10H,9H2,1H3,(H,17,19). The van der Waals surface area contributed by atoms with Gasteiger partial charge in [-0.15, -0.1) is 5.10 Å². The molecule has 4 heteroatoms. The lowest BCUT2D eigenvalue weighted by Crippen LogP contribution is -2.03. The molecule has 0 aliphatic rings. The van der Waals surface area contributed by atoms with E-state index in [0.717, 1.165) is 27.8 Å². The van der Waals surface area contributed by atoms with Crippen LogP contribution in [0.4, 0.5) is 5.82 Å². The van der Waals surface area contributed by atoms with Crippen molar-refractivity contribution in [3.05, 3.63) is 60.0 Å². The summed E-state index contributed by atoms with van der Waals surface area (Å²) in [5, 5.41) is 13.6. The number of aromatic nitrogens is 3. The number of pyridine rings is 1. The molecule has 3 aromatic rings. The molecule has 4 nitrogen and oxygen atoms in total. The van der Waals surface area contributed by atoms with E-state index in [2.05, 4.69) is 26.6 Å². The molecule has 2 heterocycles. The first-order valence-electron chi connectivity index (χ1n) is 6.19. The number of fused-ring (bicyclic) bond motifs is 1. The zero-order chi connectivity index (χ0) is 13.1. The molecule has 1 N–H and O–H groups in total. The first-order valence-corrected chi connectivity index (χ1v) is 6.19. The summed E-state index contributed by atoms with van der Waals surface area (Å²) >= 11 is 0. The Morgan fingerprint density at radius 2 is 1.95 bits per heavy atom. The summed E-state index contributed by atoms with van der Waals surface area (Å²) in [6.45, 7) is 2.67. The molecule has 0 unspecified atom stereocenters. The molecule has 0 spiro atoms. The van der Waals surface area contributed by atoms with Crippen LogP contribution in [0.3, 0.4) is 0 Å². The minimum atomic E-state index is 0.690. The smallest absolute Gasteiger partial charge is 0.156 e. The van der Waals surface area contributed by atoms with Crippen molar-refractivity contribution in [3.63, 3.8) is 0 Å². The second-order valence-corrected chi connectivity index (χ2v) is 4.44. The second-order valence-electron chi connectivity index (χ2n) is 4.44. The monoisotopic (exact) mass is 250 g/mol. The molecule has 19 heavy (non-hydrogen) atoms. The summed E-state index contributed by atoms with van der Waals surface area (Å²) in [6.07, 6.45) is 3.65. The van der Waals surface area contributed by atoms with Crippen LogP contribution in [0.2, 0.25) is 0 Å². The van der Waals surface area contributed by atoms with Gasteiger partial charge in [-0.3, -0.25) is 4.98 Å². The number of nitrogens with zero attached hydrogens (tertiary/aromatic N) is 3. The highest BCUT2D eigenvalue weighted by Crippen LogP contribution is 2.19. The number of anilines is 1. The molecule has 94 valence electrons. The quantitative estimate of drug-likeness (QED) is 0.776. The second kappa shape index (κ2) is 5.02.